The number of ether oxygens (including phenoxy) is 1. The lowest BCUT2D eigenvalue weighted by Crippen LogP contribution is -1.87. The fourth-order valence-electron chi connectivity index (χ4n) is 1.23. The van der Waals surface area contributed by atoms with Crippen molar-refractivity contribution >= 4 is 15.9 Å². The fourth-order valence-corrected chi connectivity index (χ4v) is 1.49. The van der Waals surface area contributed by atoms with Crippen LogP contribution in [0, 0.1) is 11.6 Å². The molecule has 0 fully saturated rings. The Morgan fingerprint density at radius 2 is 1.38 bits per heavy atom. The number of hydrogen-bond acceptors (Lipinski definition) is 1. The molecule has 0 saturated heterocycles. The highest BCUT2D eigenvalue weighted by atomic mass is 79.9. The Hall–Kier alpha value is -1.42. The molecule has 2 rings (SSSR count). The summed E-state index contributed by atoms with van der Waals surface area (Å²) in [6, 6.07) is 10.0. The van der Waals surface area contributed by atoms with Crippen molar-refractivity contribution in [1.82, 2.24) is 0 Å². The average Bonchev–Trinajstić information content (AvgIpc) is 2.20. The van der Waals surface area contributed by atoms with E-state index in [9.17, 15) is 8.78 Å². The van der Waals surface area contributed by atoms with Crippen LogP contribution in [-0.2, 0) is 0 Å². The Kier molecular flexibility index (Phi) is 3.19. The van der Waals surface area contributed by atoms with Crippen LogP contribution in [0.2, 0.25) is 0 Å². The van der Waals surface area contributed by atoms with E-state index >= 15 is 0 Å². The second kappa shape index (κ2) is 4.61. The standard InChI is InChI=1S/C12H7BrF2O/c13-8-1-3-11(4-2-8)16-12-6-9(14)5-10(15)7-12/h1-7H. The maximum absolute atomic E-state index is 12.9. The van der Waals surface area contributed by atoms with Crippen LogP contribution in [0.15, 0.2) is 46.9 Å². The molecule has 2 aromatic rings. The van der Waals surface area contributed by atoms with E-state index < -0.39 is 11.6 Å². The highest BCUT2D eigenvalue weighted by Crippen LogP contribution is 2.24. The van der Waals surface area contributed by atoms with Gasteiger partial charge in [0, 0.05) is 22.7 Å². The minimum atomic E-state index is -0.660. The van der Waals surface area contributed by atoms with Gasteiger partial charge in [-0.15, -0.1) is 0 Å². The lowest BCUT2D eigenvalue weighted by molar-refractivity contribution is 0.468. The lowest BCUT2D eigenvalue weighted by Gasteiger charge is -2.05. The van der Waals surface area contributed by atoms with Crippen molar-refractivity contribution in [2.75, 3.05) is 0 Å². The van der Waals surface area contributed by atoms with Gasteiger partial charge in [-0.2, -0.15) is 0 Å². The van der Waals surface area contributed by atoms with Crippen LogP contribution in [0.3, 0.4) is 0 Å². The molecule has 82 valence electrons. The summed E-state index contributed by atoms with van der Waals surface area (Å²) in [6.45, 7) is 0. The third kappa shape index (κ3) is 2.79. The third-order valence-corrected chi connectivity index (χ3v) is 2.41. The molecule has 0 radical (unpaired) electrons. The molecule has 0 atom stereocenters. The Morgan fingerprint density at radius 3 is 1.94 bits per heavy atom. The van der Waals surface area contributed by atoms with Crippen LogP contribution in [0.4, 0.5) is 8.78 Å². The predicted octanol–water partition coefficient (Wildman–Crippen LogP) is 4.52. The van der Waals surface area contributed by atoms with Gasteiger partial charge in [-0.3, -0.25) is 0 Å². The molecule has 0 unspecified atom stereocenters. The minimum Gasteiger partial charge on any atom is -0.457 e. The first kappa shape index (κ1) is 11.1. The molecule has 2 aromatic carbocycles. The van der Waals surface area contributed by atoms with E-state index in [1.165, 1.54) is 0 Å². The molecule has 0 heterocycles. The molecule has 4 heteroatoms. The second-order valence-corrected chi connectivity index (χ2v) is 4.08. The molecule has 0 spiro atoms. The van der Waals surface area contributed by atoms with Crippen molar-refractivity contribution in [3.05, 3.63) is 58.6 Å². The van der Waals surface area contributed by atoms with Crippen molar-refractivity contribution in [2.24, 2.45) is 0 Å². The Labute approximate surface area is 99.8 Å². The van der Waals surface area contributed by atoms with Crippen LogP contribution in [0.1, 0.15) is 0 Å². The summed E-state index contributed by atoms with van der Waals surface area (Å²) in [4.78, 5) is 0. The normalized spacial score (nSPS) is 10.2. The molecule has 16 heavy (non-hydrogen) atoms. The first-order chi connectivity index (χ1) is 7.63. The van der Waals surface area contributed by atoms with E-state index in [0.29, 0.717) is 5.75 Å². The van der Waals surface area contributed by atoms with E-state index in [-0.39, 0.29) is 5.75 Å². The van der Waals surface area contributed by atoms with Gasteiger partial charge in [-0.05, 0) is 24.3 Å². The largest absolute Gasteiger partial charge is 0.457 e. The van der Waals surface area contributed by atoms with Crippen molar-refractivity contribution in [2.45, 2.75) is 0 Å². The summed E-state index contributed by atoms with van der Waals surface area (Å²) in [6.07, 6.45) is 0. The number of hydrogen-bond donors (Lipinski definition) is 0. The topological polar surface area (TPSA) is 9.23 Å². The van der Waals surface area contributed by atoms with Gasteiger partial charge >= 0.3 is 0 Å². The smallest absolute Gasteiger partial charge is 0.133 e. The molecule has 0 amide bonds. The Morgan fingerprint density at radius 1 is 0.812 bits per heavy atom. The number of benzene rings is 2. The minimum absolute atomic E-state index is 0.139. The number of halogens is 3. The van der Waals surface area contributed by atoms with Crippen molar-refractivity contribution in [3.63, 3.8) is 0 Å². The first-order valence-corrected chi connectivity index (χ1v) is 5.32. The predicted molar refractivity (Wildman–Crippen MR) is 60.6 cm³/mol. The van der Waals surface area contributed by atoms with Crippen LogP contribution in [-0.4, -0.2) is 0 Å². The number of rotatable bonds is 2. The molecule has 0 N–H and O–H groups in total. The lowest BCUT2D eigenvalue weighted by atomic mass is 10.3. The fraction of sp³-hybridized carbons (Fsp3) is 0. The van der Waals surface area contributed by atoms with Gasteiger partial charge in [0.05, 0.1) is 0 Å². The van der Waals surface area contributed by atoms with Crippen LogP contribution in [0.5, 0.6) is 11.5 Å². The van der Waals surface area contributed by atoms with Crippen LogP contribution in [0.25, 0.3) is 0 Å². The zero-order valence-electron chi connectivity index (χ0n) is 8.08. The van der Waals surface area contributed by atoms with E-state index in [0.717, 1.165) is 22.7 Å². The summed E-state index contributed by atoms with van der Waals surface area (Å²) in [5, 5.41) is 0. The Bertz CT molecular complexity index is 477. The van der Waals surface area contributed by atoms with Crippen molar-refractivity contribution in [3.8, 4) is 11.5 Å². The average molecular weight is 285 g/mol. The molecule has 0 bridgehead atoms. The summed E-state index contributed by atoms with van der Waals surface area (Å²) in [7, 11) is 0. The van der Waals surface area contributed by atoms with E-state index in [2.05, 4.69) is 15.9 Å². The molecule has 0 saturated carbocycles. The molecule has 0 aliphatic rings. The van der Waals surface area contributed by atoms with Crippen LogP contribution < -0.4 is 4.74 Å². The molecule has 0 aromatic heterocycles. The monoisotopic (exact) mass is 284 g/mol. The SMILES string of the molecule is Fc1cc(F)cc(Oc2ccc(Br)cc2)c1. The van der Waals surface area contributed by atoms with Crippen molar-refractivity contribution < 1.29 is 13.5 Å². The zero-order chi connectivity index (χ0) is 11.5. The highest BCUT2D eigenvalue weighted by Gasteiger charge is 2.02. The first-order valence-electron chi connectivity index (χ1n) is 4.53. The van der Waals surface area contributed by atoms with Gasteiger partial charge in [0.2, 0.25) is 0 Å². The van der Waals surface area contributed by atoms with Gasteiger partial charge in [-0.1, -0.05) is 15.9 Å². The second-order valence-electron chi connectivity index (χ2n) is 3.16. The molecule has 1 nitrogen and oxygen atoms in total. The molecule has 0 aliphatic heterocycles. The quantitative estimate of drug-likeness (QED) is 0.788. The van der Waals surface area contributed by atoms with Gasteiger partial charge in [0.1, 0.15) is 23.1 Å². The highest BCUT2D eigenvalue weighted by molar-refractivity contribution is 9.10. The maximum Gasteiger partial charge on any atom is 0.133 e. The summed E-state index contributed by atoms with van der Waals surface area (Å²) in [5.41, 5.74) is 0. The van der Waals surface area contributed by atoms with Gasteiger partial charge < -0.3 is 4.74 Å². The third-order valence-electron chi connectivity index (χ3n) is 1.89. The van der Waals surface area contributed by atoms with E-state index in [1.807, 2.05) is 0 Å². The summed E-state index contributed by atoms with van der Waals surface area (Å²) in [5.74, 6) is -0.660. The maximum atomic E-state index is 12.9. The zero-order valence-corrected chi connectivity index (χ0v) is 9.67. The van der Waals surface area contributed by atoms with Crippen LogP contribution >= 0.6 is 15.9 Å². The van der Waals surface area contributed by atoms with Crippen molar-refractivity contribution in [1.29, 1.82) is 0 Å². The van der Waals surface area contributed by atoms with E-state index in [4.69, 9.17) is 4.74 Å². The van der Waals surface area contributed by atoms with Gasteiger partial charge in [0.25, 0.3) is 0 Å². The molecular weight excluding hydrogens is 278 g/mol. The summed E-state index contributed by atoms with van der Waals surface area (Å²) < 4.78 is 31.9. The van der Waals surface area contributed by atoms with Gasteiger partial charge in [-0.25, -0.2) is 8.78 Å². The van der Waals surface area contributed by atoms with E-state index in [1.54, 1.807) is 24.3 Å². The molecule has 0 aliphatic carbocycles. The Balaban J connectivity index is 2.23. The summed E-state index contributed by atoms with van der Waals surface area (Å²) >= 11 is 3.28. The van der Waals surface area contributed by atoms with Gasteiger partial charge in [0.15, 0.2) is 0 Å². The molecular formula is C12H7BrF2O.